The number of carbonyl (C=O) groups excluding carboxylic acids is 2. The first-order valence-corrected chi connectivity index (χ1v) is 8.33. The second-order valence-electron chi connectivity index (χ2n) is 5.82. The van der Waals surface area contributed by atoms with Gasteiger partial charge in [-0.3, -0.25) is 4.79 Å². The van der Waals surface area contributed by atoms with Crippen LogP contribution in [0, 0.1) is 5.92 Å². The first-order valence-electron chi connectivity index (χ1n) is 6.52. The molecule has 21 heavy (non-hydrogen) atoms. The van der Waals surface area contributed by atoms with Crippen LogP contribution in [0.2, 0.25) is 0 Å². The Balaban J connectivity index is 2.51. The summed E-state index contributed by atoms with van der Waals surface area (Å²) in [6, 6.07) is 0. The molecule has 1 saturated carbocycles. The lowest BCUT2D eigenvalue weighted by atomic mass is 10.2. The Labute approximate surface area is 124 Å². The van der Waals surface area contributed by atoms with Crippen molar-refractivity contribution >= 4 is 22.2 Å². The van der Waals surface area contributed by atoms with E-state index in [9.17, 15) is 18.0 Å². The minimum absolute atomic E-state index is 0.211. The molecular formula is C12H21NO7S. The van der Waals surface area contributed by atoms with E-state index in [0.717, 1.165) is 6.26 Å². The third-order valence-corrected chi connectivity index (χ3v) is 2.82. The number of nitrogens with one attached hydrogen (secondary N) is 1. The zero-order chi connectivity index (χ0) is 16.3. The highest BCUT2D eigenvalue weighted by atomic mass is 32.2. The maximum atomic E-state index is 11.5. The van der Waals surface area contributed by atoms with Crippen LogP contribution in [-0.4, -0.2) is 45.2 Å². The van der Waals surface area contributed by atoms with Crippen LogP contribution >= 0.6 is 0 Å². The molecule has 1 amide bonds. The smallest absolute Gasteiger partial charge is 0.407 e. The van der Waals surface area contributed by atoms with Crippen LogP contribution in [0.4, 0.5) is 4.79 Å². The number of ether oxygens (including phenoxy) is 2. The van der Waals surface area contributed by atoms with Gasteiger partial charge in [0.15, 0.2) is 0 Å². The van der Waals surface area contributed by atoms with E-state index in [0.29, 0.717) is 12.8 Å². The van der Waals surface area contributed by atoms with Gasteiger partial charge in [0.25, 0.3) is 10.1 Å². The van der Waals surface area contributed by atoms with Gasteiger partial charge in [-0.1, -0.05) is 0 Å². The highest BCUT2D eigenvalue weighted by molar-refractivity contribution is 7.86. The molecule has 0 heterocycles. The van der Waals surface area contributed by atoms with Crippen LogP contribution < -0.4 is 5.32 Å². The van der Waals surface area contributed by atoms with Crippen molar-refractivity contribution in [2.75, 3.05) is 12.8 Å². The summed E-state index contributed by atoms with van der Waals surface area (Å²) in [6.07, 6.45) is 0.0967. The number of amides is 1. The molecule has 0 aromatic carbocycles. The molecule has 0 saturated heterocycles. The van der Waals surface area contributed by atoms with E-state index in [2.05, 4.69) is 9.50 Å². The Hall–Kier alpha value is -1.35. The fourth-order valence-corrected chi connectivity index (χ4v) is 1.81. The molecular weight excluding hydrogens is 302 g/mol. The number of alkyl carbamates (subject to hydrolysis) is 1. The summed E-state index contributed by atoms with van der Waals surface area (Å²) in [4.78, 5) is 23.0. The molecule has 0 aromatic rings. The fraction of sp³-hybridized carbons (Fsp3) is 0.833. The molecule has 0 spiro atoms. The Morgan fingerprint density at radius 1 is 1.29 bits per heavy atom. The third kappa shape index (κ3) is 8.51. The Bertz CT molecular complexity index is 490. The highest BCUT2D eigenvalue weighted by Crippen LogP contribution is 2.30. The number of hydrogen-bond acceptors (Lipinski definition) is 7. The maximum Gasteiger partial charge on any atom is 0.407 e. The van der Waals surface area contributed by atoms with Gasteiger partial charge in [0.2, 0.25) is 6.29 Å². The molecule has 122 valence electrons. The third-order valence-electron chi connectivity index (χ3n) is 2.25. The molecule has 0 unspecified atom stereocenters. The normalized spacial score (nSPS) is 17.0. The predicted molar refractivity (Wildman–Crippen MR) is 72.8 cm³/mol. The van der Waals surface area contributed by atoms with Crippen LogP contribution in [0.25, 0.3) is 0 Å². The van der Waals surface area contributed by atoms with Crippen LogP contribution in [0.5, 0.6) is 0 Å². The molecule has 1 aliphatic rings. The minimum Gasteiger partial charge on any atom is -0.444 e. The minimum atomic E-state index is -3.83. The molecule has 0 bridgehead atoms. The van der Waals surface area contributed by atoms with Crippen LogP contribution in [0.3, 0.4) is 0 Å². The summed E-state index contributed by atoms with van der Waals surface area (Å²) in [5.41, 5.74) is -0.693. The molecule has 1 rings (SSSR count). The van der Waals surface area contributed by atoms with Crippen molar-refractivity contribution in [3.05, 3.63) is 0 Å². The van der Waals surface area contributed by atoms with Gasteiger partial charge < -0.3 is 14.8 Å². The molecule has 8 nitrogen and oxygen atoms in total. The van der Waals surface area contributed by atoms with Crippen molar-refractivity contribution in [3.8, 4) is 0 Å². The number of esters is 1. The first kappa shape index (κ1) is 17.7. The largest absolute Gasteiger partial charge is 0.444 e. The quantitative estimate of drug-likeness (QED) is 0.437. The van der Waals surface area contributed by atoms with E-state index in [4.69, 9.17) is 9.47 Å². The zero-order valence-electron chi connectivity index (χ0n) is 12.5. The highest BCUT2D eigenvalue weighted by Gasteiger charge is 2.34. The van der Waals surface area contributed by atoms with E-state index in [1.54, 1.807) is 20.8 Å². The molecule has 0 aromatic heterocycles. The van der Waals surface area contributed by atoms with Crippen LogP contribution in [0.15, 0.2) is 0 Å². The average molecular weight is 323 g/mol. The van der Waals surface area contributed by atoms with E-state index in [1.807, 2.05) is 0 Å². The van der Waals surface area contributed by atoms with Crippen molar-refractivity contribution in [1.29, 1.82) is 0 Å². The number of hydrogen-bond donors (Lipinski definition) is 1. The van der Waals surface area contributed by atoms with Gasteiger partial charge in [-0.05, 0) is 33.6 Å². The summed E-state index contributed by atoms with van der Waals surface area (Å²) in [5, 5.41) is 2.30. The monoisotopic (exact) mass is 323 g/mol. The lowest BCUT2D eigenvalue weighted by Gasteiger charge is -2.21. The van der Waals surface area contributed by atoms with Gasteiger partial charge in [-0.25, -0.2) is 8.98 Å². The zero-order valence-corrected chi connectivity index (χ0v) is 13.4. The summed E-state index contributed by atoms with van der Waals surface area (Å²) in [6.45, 7) is 4.74. The second-order valence-corrected chi connectivity index (χ2v) is 7.42. The Kier molecular flexibility index (Phi) is 5.57. The first-order chi connectivity index (χ1) is 9.46. The standard InChI is InChI=1S/C12H21NO7S/c1-12(2,3)19-11(15)13-7-9(20-21(4,16)17)18-10(14)8-5-6-8/h8-9H,5-7H2,1-4H3,(H,13,15)/t9-/m0/s1. The van der Waals surface area contributed by atoms with Crippen molar-refractivity contribution in [2.45, 2.75) is 45.5 Å². The molecule has 0 aliphatic heterocycles. The number of rotatable bonds is 6. The molecule has 1 fully saturated rings. The molecule has 1 aliphatic carbocycles. The van der Waals surface area contributed by atoms with E-state index < -0.39 is 34.1 Å². The number of carbonyl (C=O) groups is 2. The van der Waals surface area contributed by atoms with Gasteiger partial charge in [-0.15, -0.1) is 0 Å². The van der Waals surface area contributed by atoms with E-state index in [-0.39, 0.29) is 12.5 Å². The fourth-order valence-electron chi connectivity index (χ4n) is 1.32. The van der Waals surface area contributed by atoms with Crippen molar-refractivity contribution in [3.63, 3.8) is 0 Å². The summed E-state index contributed by atoms with van der Waals surface area (Å²) < 4.78 is 36.8. The van der Waals surface area contributed by atoms with Crippen molar-refractivity contribution < 1.29 is 31.7 Å². The lowest BCUT2D eigenvalue weighted by Crippen LogP contribution is -2.40. The maximum absolute atomic E-state index is 11.5. The van der Waals surface area contributed by atoms with Crippen LogP contribution in [0.1, 0.15) is 33.6 Å². The summed E-state index contributed by atoms with van der Waals surface area (Å²) in [5.74, 6) is -0.744. The van der Waals surface area contributed by atoms with Gasteiger partial charge in [-0.2, -0.15) is 8.42 Å². The topological polar surface area (TPSA) is 108 Å². The van der Waals surface area contributed by atoms with Gasteiger partial charge in [0, 0.05) is 0 Å². The second kappa shape index (κ2) is 6.61. The Morgan fingerprint density at radius 3 is 2.29 bits per heavy atom. The predicted octanol–water partition coefficient (Wildman–Crippen LogP) is 0.767. The summed E-state index contributed by atoms with van der Waals surface area (Å²) in [7, 11) is -3.83. The van der Waals surface area contributed by atoms with Gasteiger partial charge in [0.1, 0.15) is 5.60 Å². The molecule has 1 atom stereocenters. The van der Waals surface area contributed by atoms with Crippen molar-refractivity contribution in [2.24, 2.45) is 5.92 Å². The van der Waals surface area contributed by atoms with Gasteiger partial charge in [0.05, 0.1) is 18.7 Å². The van der Waals surface area contributed by atoms with E-state index in [1.165, 1.54) is 0 Å². The molecule has 1 N–H and O–H groups in total. The molecule has 9 heteroatoms. The Morgan fingerprint density at radius 2 is 1.86 bits per heavy atom. The van der Waals surface area contributed by atoms with E-state index >= 15 is 0 Å². The van der Waals surface area contributed by atoms with Crippen LogP contribution in [-0.2, 0) is 28.6 Å². The average Bonchev–Trinajstić information content (AvgIpc) is 3.04. The SMILES string of the molecule is CC(C)(C)OC(=O)NC[C@@H](OC(=O)C1CC1)OS(C)(=O)=O. The molecule has 0 radical (unpaired) electrons. The van der Waals surface area contributed by atoms with Crippen molar-refractivity contribution in [1.82, 2.24) is 5.32 Å². The lowest BCUT2D eigenvalue weighted by molar-refractivity contribution is -0.164. The van der Waals surface area contributed by atoms with Gasteiger partial charge >= 0.3 is 12.1 Å². The summed E-state index contributed by atoms with van der Waals surface area (Å²) >= 11 is 0.